The lowest BCUT2D eigenvalue weighted by Crippen LogP contribution is -2.41. The van der Waals surface area contributed by atoms with Crippen molar-refractivity contribution in [1.29, 1.82) is 0 Å². The Labute approximate surface area is 155 Å². The lowest BCUT2D eigenvalue weighted by Gasteiger charge is -2.36. The third kappa shape index (κ3) is 2.85. The van der Waals surface area contributed by atoms with Crippen molar-refractivity contribution in [2.45, 2.75) is 19.0 Å². The van der Waals surface area contributed by atoms with Gasteiger partial charge in [0.2, 0.25) is 0 Å². The van der Waals surface area contributed by atoms with Gasteiger partial charge in [-0.25, -0.2) is 4.79 Å². The molecule has 0 aliphatic carbocycles. The van der Waals surface area contributed by atoms with Crippen molar-refractivity contribution in [2.75, 3.05) is 6.54 Å². The largest absolute Gasteiger partial charge is 0.330 e. The van der Waals surface area contributed by atoms with Crippen LogP contribution in [0.5, 0.6) is 0 Å². The van der Waals surface area contributed by atoms with E-state index < -0.39 is 0 Å². The van der Waals surface area contributed by atoms with Gasteiger partial charge in [-0.1, -0.05) is 30.3 Å². The predicted octanol–water partition coefficient (Wildman–Crippen LogP) is 2.29. The molecule has 3 heterocycles. The van der Waals surface area contributed by atoms with Crippen molar-refractivity contribution in [1.82, 2.24) is 14.0 Å². The van der Waals surface area contributed by atoms with Crippen LogP contribution in [0.2, 0.25) is 0 Å². The Bertz CT molecular complexity index is 1050. The molecule has 6 heteroatoms. The Kier molecular flexibility index (Phi) is 4.38. The van der Waals surface area contributed by atoms with Crippen LogP contribution < -0.4 is 11.2 Å². The molecule has 1 aromatic carbocycles. The minimum atomic E-state index is -0.281. The molecule has 0 amide bonds. The van der Waals surface area contributed by atoms with E-state index >= 15 is 0 Å². The van der Waals surface area contributed by atoms with E-state index in [-0.39, 0.29) is 17.3 Å². The van der Waals surface area contributed by atoms with Gasteiger partial charge < -0.3 is 0 Å². The predicted molar refractivity (Wildman–Crippen MR) is 104 cm³/mol. The summed E-state index contributed by atoms with van der Waals surface area (Å²) >= 11 is 1.81. The van der Waals surface area contributed by atoms with Crippen molar-refractivity contribution < 1.29 is 0 Å². The zero-order valence-electron chi connectivity index (χ0n) is 14.9. The zero-order chi connectivity index (χ0) is 18.3. The fourth-order valence-corrected chi connectivity index (χ4v) is 4.61. The number of fused-ring (bicyclic) bond motifs is 1. The molecule has 0 saturated carbocycles. The first-order chi connectivity index (χ1) is 12.6. The number of hydrogen-bond acceptors (Lipinski definition) is 4. The molecule has 134 valence electrons. The maximum Gasteiger partial charge on any atom is 0.330 e. The summed E-state index contributed by atoms with van der Waals surface area (Å²) in [6.07, 6.45) is 0.995. The third-order valence-electron chi connectivity index (χ3n) is 5.17. The molecular formula is C20H21N3O2S. The van der Waals surface area contributed by atoms with Crippen molar-refractivity contribution in [3.8, 4) is 0 Å². The molecule has 5 nitrogen and oxygen atoms in total. The van der Waals surface area contributed by atoms with Gasteiger partial charge in [0.15, 0.2) is 0 Å². The summed E-state index contributed by atoms with van der Waals surface area (Å²) in [6, 6.07) is 14.4. The maximum atomic E-state index is 12.3. The lowest BCUT2D eigenvalue weighted by molar-refractivity contribution is 0.200. The van der Waals surface area contributed by atoms with Crippen molar-refractivity contribution in [3.05, 3.63) is 90.4 Å². The van der Waals surface area contributed by atoms with Gasteiger partial charge in [-0.3, -0.25) is 18.8 Å². The van der Waals surface area contributed by atoms with Gasteiger partial charge in [0.1, 0.15) is 0 Å². The van der Waals surface area contributed by atoms with E-state index in [1.807, 2.05) is 6.07 Å². The molecule has 0 N–H and O–H groups in total. The summed E-state index contributed by atoms with van der Waals surface area (Å²) in [4.78, 5) is 28.1. The molecule has 0 saturated heterocycles. The highest BCUT2D eigenvalue weighted by Gasteiger charge is 2.30. The highest BCUT2D eigenvalue weighted by molar-refractivity contribution is 7.10. The molecule has 1 atom stereocenters. The second-order valence-electron chi connectivity index (χ2n) is 6.71. The Morgan fingerprint density at radius 2 is 1.85 bits per heavy atom. The summed E-state index contributed by atoms with van der Waals surface area (Å²) in [6.45, 7) is 1.47. The van der Waals surface area contributed by atoms with Crippen LogP contribution in [-0.2, 0) is 27.1 Å². The summed E-state index contributed by atoms with van der Waals surface area (Å²) in [5.74, 6) is 0. The highest BCUT2D eigenvalue weighted by Crippen LogP contribution is 2.38. The minimum absolute atomic E-state index is 0.144. The van der Waals surface area contributed by atoms with Crippen molar-refractivity contribution >= 4 is 11.3 Å². The van der Waals surface area contributed by atoms with E-state index in [9.17, 15) is 9.59 Å². The Morgan fingerprint density at radius 1 is 1.08 bits per heavy atom. The highest BCUT2D eigenvalue weighted by atomic mass is 32.1. The van der Waals surface area contributed by atoms with Crippen LogP contribution in [0, 0.1) is 0 Å². The number of thiophene rings is 1. The first kappa shape index (κ1) is 17.0. The third-order valence-corrected chi connectivity index (χ3v) is 6.17. The molecule has 0 radical (unpaired) electrons. The van der Waals surface area contributed by atoms with Crippen LogP contribution in [0.4, 0.5) is 0 Å². The van der Waals surface area contributed by atoms with Crippen LogP contribution in [0.3, 0.4) is 0 Å². The quantitative estimate of drug-likeness (QED) is 0.714. The minimum Gasteiger partial charge on any atom is -0.299 e. The van der Waals surface area contributed by atoms with E-state index in [0.29, 0.717) is 6.54 Å². The van der Waals surface area contributed by atoms with Gasteiger partial charge in [-0.15, -0.1) is 11.3 Å². The van der Waals surface area contributed by atoms with Crippen LogP contribution >= 0.6 is 11.3 Å². The second-order valence-corrected chi connectivity index (χ2v) is 7.71. The number of nitrogens with zero attached hydrogens (tertiary/aromatic N) is 3. The number of hydrogen-bond donors (Lipinski definition) is 0. The normalized spacial score (nSPS) is 17.2. The number of rotatable bonds is 3. The second kappa shape index (κ2) is 6.70. The molecule has 3 aromatic rings. The average molecular weight is 367 g/mol. The maximum absolute atomic E-state index is 12.3. The fraction of sp³-hybridized carbons (Fsp3) is 0.300. The van der Waals surface area contributed by atoms with E-state index in [1.165, 1.54) is 23.1 Å². The molecule has 2 aromatic heterocycles. The van der Waals surface area contributed by atoms with Crippen LogP contribution in [-0.4, -0.2) is 20.6 Å². The first-order valence-corrected chi connectivity index (χ1v) is 9.55. The Hall–Kier alpha value is -2.44. The average Bonchev–Trinajstić information content (AvgIpc) is 3.13. The molecule has 0 bridgehead atoms. The molecule has 26 heavy (non-hydrogen) atoms. The SMILES string of the molecule is Cn1c(CN2CCc3sccc3[C@@H]2c2ccccc2)cc(=O)n(C)c1=O. The molecule has 1 aliphatic rings. The zero-order valence-corrected chi connectivity index (χ0v) is 15.7. The lowest BCUT2D eigenvalue weighted by atomic mass is 9.93. The monoisotopic (exact) mass is 367 g/mol. The summed E-state index contributed by atoms with van der Waals surface area (Å²) in [5.41, 5.74) is 2.78. The van der Waals surface area contributed by atoms with Gasteiger partial charge in [0.25, 0.3) is 5.56 Å². The van der Waals surface area contributed by atoms with E-state index in [4.69, 9.17) is 0 Å². The van der Waals surface area contributed by atoms with Crippen LogP contribution in [0.1, 0.15) is 27.7 Å². The summed E-state index contributed by atoms with van der Waals surface area (Å²) in [5, 5.41) is 2.15. The molecule has 0 unspecified atom stereocenters. The van der Waals surface area contributed by atoms with Gasteiger partial charge >= 0.3 is 5.69 Å². The first-order valence-electron chi connectivity index (χ1n) is 8.67. The van der Waals surface area contributed by atoms with E-state index in [0.717, 1.165) is 23.2 Å². The van der Waals surface area contributed by atoms with E-state index in [2.05, 4.69) is 40.6 Å². The Balaban J connectivity index is 1.77. The molecule has 0 fully saturated rings. The standard InChI is InChI=1S/C20H21N3O2S/c1-21-15(12-18(24)22(2)20(21)25)13-23-10-8-17-16(9-11-26-17)19(23)14-6-4-3-5-7-14/h3-7,9,11-12,19H,8,10,13H2,1-2H3/t19-/m0/s1. The van der Waals surface area contributed by atoms with E-state index in [1.54, 1.807) is 29.0 Å². The molecular weight excluding hydrogens is 346 g/mol. The van der Waals surface area contributed by atoms with Gasteiger partial charge in [-0.2, -0.15) is 0 Å². The van der Waals surface area contributed by atoms with Gasteiger partial charge in [0, 0.05) is 43.8 Å². The van der Waals surface area contributed by atoms with Crippen molar-refractivity contribution in [3.63, 3.8) is 0 Å². The number of aromatic nitrogens is 2. The smallest absolute Gasteiger partial charge is 0.299 e. The molecule has 0 spiro atoms. The van der Waals surface area contributed by atoms with Crippen molar-refractivity contribution in [2.24, 2.45) is 14.1 Å². The molecule has 1 aliphatic heterocycles. The molecule has 4 rings (SSSR count). The van der Waals surface area contributed by atoms with Crippen LogP contribution in [0.15, 0.2) is 57.4 Å². The Morgan fingerprint density at radius 3 is 2.62 bits per heavy atom. The topological polar surface area (TPSA) is 47.2 Å². The van der Waals surface area contributed by atoms with Gasteiger partial charge in [0.05, 0.1) is 6.04 Å². The fourth-order valence-electron chi connectivity index (χ4n) is 3.70. The summed E-state index contributed by atoms with van der Waals surface area (Å²) < 4.78 is 2.72. The van der Waals surface area contributed by atoms with Gasteiger partial charge in [-0.05, 0) is 29.0 Å². The number of benzene rings is 1. The summed E-state index contributed by atoms with van der Waals surface area (Å²) in [7, 11) is 3.24. The van der Waals surface area contributed by atoms with Crippen LogP contribution in [0.25, 0.3) is 0 Å².